The molecule has 0 aliphatic rings. The van der Waals surface area contributed by atoms with Crippen LogP contribution in [0.1, 0.15) is 24.0 Å². The molecule has 0 radical (unpaired) electrons. The van der Waals surface area contributed by atoms with Gasteiger partial charge < -0.3 is 5.32 Å². The topological polar surface area (TPSA) is 29.1 Å². The molecule has 0 heterocycles. The van der Waals surface area contributed by atoms with E-state index in [0.717, 1.165) is 5.56 Å². The van der Waals surface area contributed by atoms with Crippen LogP contribution in [-0.2, 0) is 11.2 Å². The van der Waals surface area contributed by atoms with Crippen molar-refractivity contribution in [3.8, 4) is 0 Å². The number of benzene rings is 2. The average Bonchev–Trinajstić information content (AvgIpc) is 2.48. The lowest BCUT2D eigenvalue weighted by Gasteiger charge is -2.13. The van der Waals surface area contributed by atoms with Crippen LogP contribution in [0.3, 0.4) is 0 Å². The summed E-state index contributed by atoms with van der Waals surface area (Å²) in [5, 5.41) is 3.60. The van der Waals surface area contributed by atoms with Gasteiger partial charge >= 0.3 is 0 Å². The van der Waals surface area contributed by atoms with Crippen LogP contribution in [0.25, 0.3) is 0 Å². The van der Waals surface area contributed by atoms with Crippen molar-refractivity contribution in [2.45, 2.75) is 19.3 Å². The van der Waals surface area contributed by atoms with Gasteiger partial charge in [0.1, 0.15) is 0 Å². The van der Waals surface area contributed by atoms with E-state index in [9.17, 15) is 4.79 Å². The van der Waals surface area contributed by atoms with E-state index in [4.69, 9.17) is 11.6 Å². The molecule has 1 N–H and O–H groups in total. The first kappa shape index (κ1) is 14.6. The highest BCUT2D eigenvalue weighted by atomic mass is 35.5. The second kappa shape index (κ2) is 7.11. The molecule has 104 valence electrons. The molecule has 0 fully saturated rings. The fourth-order valence-electron chi connectivity index (χ4n) is 2.04. The monoisotopic (exact) mass is 287 g/mol. The molecule has 2 nitrogen and oxygen atoms in total. The van der Waals surface area contributed by atoms with Crippen molar-refractivity contribution in [1.29, 1.82) is 0 Å². The fraction of sp³-hybridized carbons (Fsp3) is 0.235. The predicted octanol–water partition coefficient (Wildman–Crippen LogP) is 3.80. The van der Waals surface area contributed by atoms with E-state index in [1.807, 2.05) is 36.4 Å². The van der Waals surface area contributed by atoms with Gasteiger partial charge in [-0.25, -0.2) is 0 Å². The zero-order valence-electron chi connectivity index (χ0n) is 11.5. The molecular formula is C17H18ClNO. The van der Waals surface area contributed by atoms with Crippen LogP contribution < -0.4 is 5.32 Å². The van der Waals surface area contributed by atoms with Crippen molar-refractivity contribution < 1.29 is 4.79 Å². The summed E-state index contributed by atoms with van der Waals surface area (Å²) in [5.41, 5.74) is 2.09. The highest BCUT2D eigenvalue weighted by Gasteiger charge is 2.09. The molecule has 0 aliphatic heterocycles. The Labute approximate surface area is 124 Å². The van der Waals surface area contributed by atoms with Gasteiger partial charge in [-0.1, -0.05) is 67.1 Å². The Morgan fingerprint density at radius 2 is 1.75 bits per heavy atom. The van der Waals surface area contributed by atoms with Gasteiger partial charge in [0, 0.05) is 11.6 Å². The van der Waals surface area contributed by atoms with Crippen LogP contribution in [0.2, 0.25) is 5.02 Å². The molecule has 0 saturated carbocycles. The molecule has 0 aromatic heterocycles. The summed E-state index contributed by atoms with van der Waals surface area (Å²) in [6, 6.07) is 17.6. The van der Waals surface area contributed by atoms with Crippen LogP contribution in [0.5, 0.6) is 0 Å². The molecule has 1 unspecified atom stereocenters. The Bertz CT molecular complexity index is 568. The summed E-state index contributed by atoms with van der Waals surface area (Å²) in [4.78, 5) is 11.9. The third-order valence-corrected chi connectivity index (χ3v) is 3.65. The fourth-order valence-corrected chi connectivity index (χ4v) is 2.25. The number of carbonyl (C=O) groups is 1. The van der Waals surface area contributed by atoms with E-state index in [1.165, 1.54) is 5.56 Å². The van der Waals surface area contributed by atoms with E-state index in [2.05, 4.69) is 24.4 Å². The van der Waals surface area contributed by atoms with Crippen LogP contribution in [0.4, 0.5) is 0 Å². The van der Waals surface area contributed by atoms with Gasteiger partial charge in [-0.3, -0.25) is 4.79 Å². The lowest BCUT2D eigenvalue weighted by molar-refractivity contribution is -0.120. The minimum absolute atomic E-state index is 0.000816. The number of amides is 1. The molecule has 2 aromatic rings. The maximum absolute atomic E-state index is 11.9. The first-order chi connectivity index (χ1) is 9.66. The first-order valence-corrected chi connectivity index (χ1v) is 7.09. The molecule has 0 bridgehead atoms. The van der Waals surface area contributed by atoms with Crippen molar-refractivity contribution in [3.05, 3.63) is 70.7 Å². The second-order valence-electron chi connectivity index (χ2n) is 4.88. The number of hydrogen-bond acceptors (Lipinski definition) is 1. The standard InChI is InChI=1S/C17H18ClNO/c1-13(14-7-3-2-4-8-14)12-19-17(20)11-15-9-5-6-10-16(15)18/h2-10,13H,11-12H2,1H3,(H,19,20). The summed E-state index contributed by atoms with van der Waals surface area (Å²) in [5.74, 6) is 0.298. The van der Waals surface area contributed by atoms with Crippen molar-refractivity contribution >= 4 is 17.5 Å². The Kier molecular flexibility index (Phi) is 5.19. The molecule has 0 aliphatic carbocycles. The molecule has 3 heteroatoms. The maximum Gasteiger partial charge on any atom is 0.224 e. The highest BCUT2D eigenvalue weighted by Crippen LogP contribution is 2.16. The summed E-state index contributed by atoms with van der Waals surface area (Å²) >= 11 is 6.05. The van der Waals surface area contributed by atoms with Crippen LogP contribution >= 0.6 is 11.6 Å². The lowest BCUT2D eigenvalue weighted by atomic mass is 10.0. The lowest BCUT2D eigenvalue weighted by Crippen LogP contribution is -2.28. The van der Waals surface area contributed by atoms with E-state index in [-0.39, 0.29) is 5.91 Å². The molecule has 1 amide bonds. The molecule has 2 rings (SSSR count). The molecule has 1 atom stereocenters. The molecule has 0 saturated heterocycles. The molecular weight excluding hydrogens is 270 g/mol. The predicted molar refractivity (Wildman–Crippen MR) is 83.0 cm³/mol. The SMILES string of the molecule is CC(CNC(=O)Cc1ccccc1Cl)c1ccccc1. The molecule has 2 aromatic carbocycles. The zero-order chi connectivity index (χ0) is 14.4. The van der Waals surface area contributed by atoms with Crippen LogP contribution in [0.15, 0.2) is 54.6 Å². The van der Waals surface area contributed by atoms with Gasteiger partial charge in [0.2, 0.25) is 5.91 Å². The number of halogens is 1. The smallest absolute Gasteiger partial charge is 0.224 e. The zero-order valence-corrected chi connectivity index (χ0v) is 12.2. The van der Waals surface area contributed by atoms with E-state index >= 15 is 0 Å². The van der Waals surface area contributed by atoms with Gasteiger partial charge in [-0.2, -0.15) is 0 Å². The number of rotatable bonds is 5. The van der Waals surface area contributed by atoms with E-state index in [1.54, 1.807) is 6.07 Å². The summed E-state index contributed by atoms with van der Waals surface area (Å²) in [6.45, 7) is 2.73. The van der Waals surface area contributed by atoms with Gasteiger partial charge in [0.15, 0.2) is 0 Å². The van der Waals surface area contributed by atoms with Crippen molar-refractivity contribution in [3.63, 3.8) is 0 Å². The third kappa shape index (κ3) is 4.10. The second-order valence-corrected chi connectivity index (χ2v) is 5.29. The van der Waals surface area contributed by atoms with E-state index in [0.29, 0.717) is 23.9 Å². The first-order valence-electron chi connectivity index (χ1n) is 6.72. The minimum Gasteiger partial charge on any atom is -0.355 e. The number of carbonyl (C=O) groups excluding carboxylic acids is 1. The van der Waals surface area contributed by atoms with Crippen molar-refractivity contribution in [2.24, 2.45) is 0 Å². The van der Waals surface area contributed by atoms with Gasteiger partial charge in [0.25, 0.3) is 0 Å². The van der Waals surface area contributed by atoms with Gasteiger partial charge in [-0.15, -0.1) is 0 Å². The van der Waals surface area contributed by atoms with Crippen molar-refractivity contribution in [1.82, 2.24) is 5.32 Å². The third-order valence-electron chi connectivity index (χ3n) is 3.28. The van der Waals surface area contributed by atoms with E-state index < -0.39 is 0 Å². The number of nitrogens with one attached hydrogen (secondary N) is 1. The number of hydrogen-bond donors (Lipinski definition) is 1. The Balaban J connectivity index is 1.85. The van der Waals surface area contributed by atoms with Gasteiger partial charge in [-0.05, 0) is 23.1 Å². The quantitative estimate of drug-likeness (QED) is 0.890. The van der Waals surface area contributed by atoms with Gasteiger partial charge in [0.05, 0.1) is 6.42 Å². The Morgan fingerprint density at radius 1 is 1.10 bits per heavy atom. The Hall–Kier alpha value is -1.80. The Morgan fingerprint density at radius 3 is 2.45 bits per heavy atom. The minimum atomic E-state index is 0.000816. The average molecular weight is 288 g/mol. The van der Waals surface area contributed by atoms with Crippen molar-refractivity contribution in [2.75, 3.05) is 6.54 Å². The summed E-state index contributed by atoms with van der Waals surface area (Å²) < 4.78 is 0. The highest BCUT2D eigenvalue weighted by molar-refractivity contribution is 6.31. The molecule has 20 heavy (non-hydrogen) atoms. The summed E-state index contributed by atoms with van der Waals surface area (Å²) in [7, 11) is 0. The normalized spacial score (nSPS) is 11.9. The molecule has 0 spiro atoms. The maximum atomic E-state index is 11.9. The van der Waals surface area contributed by atoms with Crippen LogP contribution in [-0.4, -0.2) is 12.5 Å². The van der Waals surface area contributed by atoms with Crippen LogP contribution in [0, 0.1) is 0 Å². The summed E-state index contributed by atoms with van der Waals surface area (Å²) in [6.07, 6.45) is 0.321. The largest absolute Gasteiger partial charge is 0.355 e.